The van der Waals surface area contributed by atoms with Gasteiger partial charge in [-0.25, -0.2) is 0 Å². The van der Waals surface area contributed by atoms with E-state index in [0.717, 1.165) is 16.3 Å². The van der Waals surface area contributed by atoms with Crippen LogP contribution in [0.25, 0.3) is 10.8 Å². The van der Waals surface area contributed by atoms with Gasteiger partial charge in [-0.1, -0.05) is 24.3 Å². The minimum absolute atomic E-state index is 0.227. The van der Waals surface area contributed by atoms with Gasteiger partial charge in [-0.3, -0.25) is 0 Å². The van der Waals surface area contributed by atoms with E-state index in [1.54, 1.807) is 7.11 Å². The Bertz CT molecular complexity index is 657. The fourth-order valence-electron chi connectivity index (χ4n) is 2.94. The van der Waals surface area contributed by atoms with Crippen molar-refractivity contribution in [1.82, 2.24) is 0 Å². The molecule has 2 aromatic rings. The molecule has 2 aromatic carbocycles. The number of benzene rings is 2. The first-order valence-electron chi connectivity index (χ1n) is 7.23. The normalized spacial score (nSPS) is 28.2. The van der Waals surface area contributed by atoms with Gasteiger partial charge in [0, 0.05) is 12.7 Å². The molecule has 1 aliphatic rings. The number of hydrogen-bond acceptors (Lipinski definition) is 5. The summed E-state index contributed by atoms with van der Waals surface area (Å²) in [5.74, 6) is 0.632. The van der Waals surface area contributed by atoms with Gasteiger partial charge in [0.2, 0.25) is 0 Å². The zero-order chi connectivity index (χ0) is 15.7. The molecule has 4 atom stereocenters. The smallest absolute Gasteiger partial charge is 0.125 e. The second-order valence-electron chi connectivity index (χ2n) is 5.47. The largest absolute Gasteiger partial charge is 0.496 e. The Morgan fingerprint density at radius 2 is 1.73 bits per heavy atom. The van der Waals surface area contributed by atoms with E-state index in [9.17, 15) is 10.2 Å². The van der Waals surface area contributed by atoms with Gasteiger partial charge in [0.25, 0.3) is 0 Å². The van der Waals surface area contributed by atoms with E-state index in [1.807, 2.05) is 36.4 Å². The fraction of sp³-hybridized carbons (Fsp3) is 0.412. The lowest BCUT2D eigenvalue weighted by Crippen LogP contribution is -2.33. The molecule has 0 saturated carbocycles. The molecule has 5 nitrogen and oxygen atoms in total. The number of aliphatic hydroxyl groups is 2. The molecule has 1 fully saturated rings. The predicted molar refractivity (Wildman–Crippen MR) is 82.0 cm³/mol. The molecule has 1 saturated heterocycles. The number of fused-ring (bicyclic) bond motifs is 1. The minimum Gasteiger partial charge on any atom is -0.496 e. The van der Waals surface area contributed by atoms with Gasteiger partial charge in [0.1, 0.15) is 30.2 Å². The zero-order valence-electron chi connectivity index (χ0n) is 12.6. The molecule has 3 rings (SSSR count). The number of ether oxygens (including phenoxy) is 3. The van der Waals surface area contributed by atoms with E-state index in [4.69, 9.17) is 14.2 Å². The van der Waals surface area contributed by atoms with E-state index < -0.39 is 24.4 Å². The van der Waals surface area contributed by atoms with Crippen molar-refractivity contribution in [2.24, 2.45) is 0 Å². The monoisotopic (exact) mass is 304 g/mol. The van der Waals surface area contributed by atoms with E-state index in [1.165, 1.54) is 7.11 Å². The van der Waals surface area contributed by atoms with Crippen molar-refractivity contribution < 1.29 is 24.4 Å². The summed E-state index contributed by atoms with van der Waals surface area (Å²) in [5, 5.41) is 22.5. The van der Waals surface area contributed by atoms with Crippen LogP contribution in [0.15, 0.2) is 36.4 Å². The van der Waals surface area contributed by atoms with Crippen molar-refractivity contribution in [3.05, 3.63) is 42.0 Å². The molecule has 118 valence electrons. The summed E-state index contributed by atoms with van der Waals surface area (Å²) in [7, 11) is 3.12. The maximum atomic E-state index is 10.3. The molecule has 5 heteroatoms. The van der Waals surface area contributed by atoms with Crippen LogP contribution in [0.1, 0.15) is 11.7 Å². The van der Waals surface area contributed by atoms with E-state index in [0.29, 0.717) is 5.75 Å². The molecule has 0 aromatic heterocycles. The summed E-state index contributed by atoms with van der Waals surface area (Å²) < 4.78 is 16.3. The van der Waals surface area contributed by atoms with Crippen LogP contribution in [0.3, 0.4) is 0 Å². The summed E-state index contributed by atoms with van der Waals surface area (Å²) in [4.78, 5) is 0. The Kier molecular flexibility index (Phi) is 4.31. The fourth-order valence-corrected chi connectivity index (χ4v) is 2.94. The van der Waals surface area contributed by atoms with Crippen LogP contribution in [0.5, 0.6) is 5.75 Å². The van der Waals surface area contributed by atoms with Crippen molar-refractivity contribution in [2.75, 3.05) is 20.8 Å². The van der Waals surface area contributed by atoms with Crippen LogP contribution in [-0.4, -0.2) is 49.4 Å². The van der Waals surface area contributed by atoms with Crippen LogP contribution in [-0.2, 0) is 9.47 Å². The highest BCUT2D eigenvalue weighted by Crippen LogP contribution is 2.39. The van der Waals surface area contributed by atoms with Crippen molar-refractivity contribution >= 4 is 10.8 Å². The van der Waals surface area contributed by atoms with Crippen LogP contribution in [0, 0.1) is 0 Å². The molecule has 22 heavy (non-hydrogen) atoms. The lowest BCUT2D eigenvalue weighted by atomic mass is 9.97. The molecule has 0 spiro atoms. The quantitative estimate of drug-likeness (QED) is 0.899. The van der Waals surface area contributed by atoms with Gasteiger partial charge in [-0.15, -0.1) is 0 Å². The minimum atomic E-state index is -1.02. The highest BCUT2D eigenvalue weighted by atomic mass is 16.6. The second kappa shape index (κ2) is 6.22. The number of aliphatic hydroxyl groups excluding tert-OH is 2. The Labute approximate surface area is 129 Å². The van der Waals surface area contributed by atoms with Gasteiger partial charge < -0.3 is 24.4 Å². The standard InChI is InChI=1S/C17H20O5/c1-20-9-14-15(18)16(19)17(22-14)12-7-10-5-3-4-6-11(10)8-13(12)21-2/h3-8,14-19H,9H2,1-2H3/t14-,15?,16?,17+/m1/s1. The highest BCUT2D eigenvalue weighted by molar-refractivity contribution is 5.85. The summed E-state index contributed by atoms with van der Waals surface area (Å²) in [6.45, 7) is 0.227. The molecule has 0 aliphatic carbocycles. The van der Waals surface area contributed by atoms with Crippen molar-refractivity contribution in [3.8, 4) is 5.75 Å². The number of rotatable bonds is 4. The molecule has 0 radical (unpaired) electrons. The summed E-state index contributed by atoms with van der Waals surface area (Å²) in [6, 6.07) is 11.7. The maximum absolute atomic E-state index is 10.3. The molecule has 1 aliphatic heterocycles. The van der Waals surface area contributed by atoms with Gasteiger partial charge in [0.05, 0.1) is 13.7 Å². The van der Waals surface area contributed by atoms with Crippen molar-refractivity contribution in [2.45, 2.75) is 24.4 Å². The van der Waals surface area contributed by atoms with Gasteiger partial charge in [-0.2, -0.15) is 0 Å². The lowest BCUT2D eigenvalue weighted by molar-refractivity contribution is -0.0343. The van der Waals surface area contributed by atoms with Crippen molar-refractivity contribution in [1.29, 1.82) is 0 Å². The van der Waals surface area contributed by atoms with Gasteiger partial charge in [-0.05, 0) is 22.9 Å². The molecule has 2 unspecified atom stereocenters. The molecule has 0 bridgehead atoms. The average molecular weight is 304 g/mol. The molecular weight excluding hydrogens is 284 g/mol. The van der Waals surface area contributed by atoms with Crippen LogP contribution in [0.2, 0.25) is 0 Å². The molecule has 2 N–H and O–H groups in total. The third kappa shape index (κ3) is 2.57. The van der Waals surface area contributed by atoms with Crippen LogP contribution < -0.4 is 4.74 Å². The summed E-state index contributed by atoms with van der Waals surface area (Å²) >= 11 is 0. The maximum Gasteiger partial charge on any atom is 0.125 e. The third-order valence-corrected chi connectivity index (χ3v) is 4.10. The topological polar surface area (TPSA) is 68.2 Å². The first-order valence-corrected chi connectivity index (χ1v) is 7.23. The van der Waals surface area contributed by atoms with Crippen molar-refractivity contribution in [3.63, 3.8) is 0 Å². The van der Waals surface area contributed by atoms with E-state index in [-0.39, 0.29) is 6.61 Å². The third-order valence-electron chi connectivity index (χ3n) is 4.10. The Balaban J connectivity index is 2.01. The Morgan fingerprint density at radius 3 is 2.36 bits per heavy atom. The number of hydrogen-bond donors (Lipinski definition) is 2. The van der Waals surface area contributed by atoms with Crippen LogP contribution >= 0.6 is 0 Å². The molecule has 1 heterocycles. The van der Waals surface area contributed by atoms with Crippen LogP contribution in [0.4, 0.5) is 0 Å². The lowest BCUT2D eigenvalue weighted by Gasteiger charge is -2.19. The Morgan fingerprint density at radius 1 is 1.05 bits per heavy atom. The summed E-state index contributed by atoms with van der Waals surface area (Å²) in [5.41, 5.74) is 0.728. The van der Waals surface area contributed by atoms with Gasteiger partial charge >= 0.3 is 0 Å². The zero-order valence-corrected chi connectivity index (χ0v) is 12.6. The molecule has 0 amide bonds. The first-order chi connectivity index (χ1) is 10.7. The van der Waals surface area contributed by atoms with E-state index >= 15 is 0 Å². The van der Waals surface area contributed by atoms with Gasteiger partial charge in [0.15, 0.2) is 0 Å². The SMILES string of the molecule is COC[C@H]1O[C@@H](c2cc3ccccc3cc2OC)C(O)C1O. The first kappa shape index (κ1) is 15.2. The van der Waals surface area contributed by atoms with E-state index in [2.05, 4.69) is 0 Å². The molecular formula is C17H20O5. The number of methoxy groups -OCH3 is 2. The predicted octanol–water partition coefficient (Wildman–Crippen LogP) is 1.66. The second-order valence-corrected chi connectivity index (χ2v) is 5.47. The summed E-state index contributed by atoms with van der Waals surface area (Å²) in [6.07, 6.45) is -3.20. The Hall–Kier alpha value is -1.66. The highest BCUT2D eigenvalue weighted by Gasteiger charge is 2.44. The average Bonchev–Trinajstić information content (AvgIpc) is 2.82.